The third-order valence-electron chi connectivity index (χ3n) is 5.07. The lowest BCUT2D eigenvalue weighted by Gasteiger charge is -2.12. The van der Waals surface area contributed by atoms with E-state index in [1.54, 1.807) is 43.1 Å². The molecule has 33 heavy (non-hydrogen) atoms. The fourth-order valence-corrected chi connectivity index (χ4v) is 4.26. The van der Waals surface area contributed by atoms with Crippen LogP contribution in [0.2, 0.25) is 0 Å². The van der Waals surface area contributed by atoms with E-state index in [1.165, 1.54) is 12.1 Å². The summed E-state index contributed by atoms with van der Waals surface area (Å²) in [5.74, 6) is 1.72. The van der Waals surface area contributed by atoms with Crippen molar-refractivity contribution in [3.05, 3.63) is 101 Å². The number of carbonyl (C=O) groups is 1. The molecule has 168 valence electrons. The smallest absolute Gasteiger partial charge is 0.251 e. The molecule has 8 heteroatoms. The van der Waals surface area contributed by atoms with Gasteiger partial charge in [-0.05, 0) is 54.4 Å². The second-order valence-electron chi connectivity index (χ2n) is 7.33. The number of nitrogens with one attached hydrogen (secondary N) is 1. The predicted molar refractivity (Wildman–Crippen MR) is 126 cm³/mol. The van der Waals surface area contributed by atoms with Crippen LogP contribution in [0.5, 0.6) is 5.75 Å². The topological polar surface area (TPSA) is 69.0 Å². The Morgan fingerprint density at radius 3 is 2.42 bits per heavy atom. The van der Waals surface area contributed by atoms with Gasteiger partial charge in [-0.25, -0.2) is 4.39 Å². The highest BCUT2D eigenvalue weighted by Crippen LogP contribution is 2.29. The second kappa shape index (κ2) is 10.3. The van der Waals surface area contributed by atoms with Gasteiger partial charge in [-0.1, -0.05) is 48.2 Å². The van der Waals surface area contributed by atoms with Crippen molar-refractivity contribution >= 4 is 17.7 Å². The third-order valence-corrected chi connectivity index (χ3v) is 6.07. The number of halogens is 1. The molecule has 0 fully saturated rings. The molecule has 6 nitrogen and oxygen atoms in total. The lowest BCUT2D eigenvalue weighted by atomic mass is 10.1. The number of aromatic nitrogens is 3. The van der Waals surface area contributed by atoms with Crippen molar-refractivity contribution in [1.29, 1.82) is 0 Å². The lowest BCUT2D eigenvalue weighted by molar-refractivity contribution is 0.0951. The van der Waals surface area contributed by atoms with Gasteiger partial charge in [-0.3, -0.25) is 9.36 Å². The van der Waals surface area contributed by atoms with Gasteiger partial charge in [0.1, 0.15) is 17.4 Å². The summed E-state index contributed by atoms with van der Waals surface area (Å²) < 4.78 is 20.5. The molecule has 0 saturated carbocycles. The van der Waals surface area contributed by atoms with Crippen molar-refractivity contribution in [3.63, 3.8) is 0 Å². The minimum Gasteiger partial charge on any atom is -0.495 e. The van der Waals surface area contributed by atoms with Crippen LogP contribution in [-0.2, 0) is 12.3 Å². The van der Waals surface area contributed by atoms with Crippen LogP contribution in [0.4, 0.5) is 4.39 Å². The molecule has 0 radical (unpaired) electrons. The summed E-state index contributed by atoms with van der Waals surface area (Å²) in [6.45, 7) is 2.25. The van der Waals surface area contributed by atoms with Gasteiger partial charge in [-0.15, -0.1) is 10.2 Å². The molecule has 0 atom stereocenters. The summed E-state index contributed by atoms with van der Waals surface area (Å²) in [6, 6.07) is 21.3. The normalized spacial score (nSPS) is 10.8. The summed E-state index contributed by atoms with van der Waals surface area (Å²) in [5, 5.41) is 12.2. The Balaban J connectivity index is 1.39. The summed E-state index contributed by atoms with van der Waals surface area (Å²) in [7, 11) is 1.64. The van der Waals surface area contributed by atoms with Crippen molar-refractivity contribution in [3.8, 4) is 11.4 Å². The molecule has 0 bridgehead atoms. The lowest BCUT2D eigenvalue weighted by Crippen LogP contribution is -2.22. The maximum Gasteiger partial charge on any atom is 0.251 e. The Labute approximate surface area is 195 Å². The van der Waals surface area contributed by atoms with Crippen LogP contribution in [0.1, 0.15) is 27.3 Å². The van der Waals surface area contributed by atoms with Gasteiger partial charge >= 0.3 is 0 Å². The number of nitrogens with zero attached hydrogens (tertiary/aromatic N) is 3. The molecule has 1 heterocycles. The van der Waals surface area contributed by atoms with Crippen molar-refractivity contribution in [2.24, 2.45) is 0 Å². The number of para-hydroxylation sites is 2. The minimum atomic E-state index is -0.296. The van der Waals surface area contributed by atoms with Gasteiger partial charge in [0.2, 0.25) is 0 Å². The standard InChI is InChI=1S/C25H23FN4O2S/c1-17-28-29-25(30(17)22-5-3-4-6-23(22)32-2)33-16-19-7-11-20(12-8-19)24(31)27-15-18-9-13-21(26)14-10-18/h3-14H,15-16H2,1-2H3,(H,27,31). The molecule has 0 aliphatic rings. The Hall–Kier alpha value is -3.65. The van der Waals surface area contributed by atoms with Crippen LogP contribution in [0.3, 0.4) is 0 Å². The van der Waals surface area contributed by atoms with E-state index < -0.39 is 0 Å². The van der Waals surface area contributed by atoms with E-state index in [1.807, 2.05) is 47.9 Å². The average Bonchev–Trinajstić information content (AvgIpc) is 3.22. The van der Waals surface area contributed by atoms with E-state index in [2.05, 4.69) is 15.5 Å². The van der Waals surface area contributed by atoms with Crippen LogP contribution in [0.15, 0.2) is 78.0 Å². The summed E-state index contributed by atoms with van der Waals surface area (Å²) in [4.78, 5) is 12.4. The van der Waals surface area contributed by atoms with E-state index in [4.69, 9.17) is 4.74 Å². The highest BCUT2D eigenvalue weighted by atomic mass is 32.2. The molecule has 0 spiro atoms. The highest BCUT2D eigenvalue weighted by molar-refractivity contribution is 7.98. The molecular weight excluding hydrogens is 439 g/mol. The molecule has 1 aromatic heterocycles. The van der Waals surface area contributed by atoms with Crippen LogP contribution < -0.4 is 10.1 Å². The maximum absolute atomic E-state index is 13.0. The number of hydrogen-bond acceptors (Lipinski definition) is 5. The first kappa shape index (κ1) is 22.5. The van der Waals surface area contributed by atoms with E-state index in [0.29, 0.717) is 17.9 Å². The number of carbonyl (C=O) groups excluding carboxylic acids is 1. The van der Waals surface area contributed by atoms with Crippen molar-refractivity contribution in [1.82, 2.24) is 20.1 Å². The highest BCUT2D eigenvalue weighted by Gasteiger charge is 2.15. The monoisotopic (exact) mass is 462 g/mol. The third kappa shape index (κ3) is 5.40. The molecule has 1 amide bonds. The summed E-state index contributed by atoms with van der Waals surface area (Å²) in [6.07, 6.45) is 0. The SMILES string of the molecule is COc1ccccc1-n1c(C)nnc1SCc1ccc(C(=O)NCc2ccc(F)cc2)cc1. The number of benzene rings is 3. The number of rotatable bonds is 8. The van der Waals surface area contributed by atoms with Gasteiger partial charge in [-0.2, -0.15) is 0 Å². The van der Waals surface area contributed by atoms with E-state index >= 15 is 0 Å². The Morgan fingerprint density at radius 2 is 1.70 bits per heavy atom. The number of methoxy groups -OCH3 is 1. The minimum absolute atomic E-state index is 0.176. The van der Waals surface area contributed by atoms with E-state index in [9.17, 15) is 9.18 Å². The molecule has 0 unspecified atom stereocenters. The van der Waals surface area contributed by atoms with Gasteiger partial charge < -0.3 is 10.1 Å². The first-order chi connectivity index (χ1) is 16.0. The van der Waals surface area contributed by atoms with E-state index in [0.717, 1.165) is 33.5 Å². The predicted octanol–water partition coefficient (Wildman–Crippen LogP) is 4.95. The zero-order valence-corrected chi connectivity index (χ0v) is 19.1. The summed E-state index contributed by atoms with van der Waals surface area (Å²) in [5.41, 5.74) is 3.35. The van der Waals surface area contributed by atoms with Crippen LogP contribution >= 0.6 is 11.8 Å². The van der Waals surface area contributed by atoms with E-state index in [-0.39, 0.29) is 11.7 Å². The second-order valence-corrected chi connectivity index (χ2v) is 8.27. The number of hydrogen-bond donors (Lipinski definition) is 1. The van der Waals surface area contributed by atoms with Gasteiger partial charge in [0, 0.05) is 17.9 Å². The molecule has 1 N–H and O–H groups in total. The number of ether oxygens (including phenoxy) is 1. The molecule has 0 saturated heterocycles. The molecular formula is C25H23FN4O2S. The number of thioether (sulfide) groups is 1. The molecule has 4 aromatic rings. The quantitative estimate of drug-likeness (QED) is 0.376. The van der Waals surface area contributed by atoms with Crippen LogP contribution in [-0.4, -0.2) is 27.8 Å². The average molecular weight is 463 g/mol. The first-order valence-electron chi connectivity index (χ1n) is 10.3. The number of aryl methyl sites for hydroxylation is 1. The zero-order valence-electron chi connectivity index (χ0n) is 18.3. The molecule has 4 rings (SSSR count). The molecule has 3 aromatic carbocycles. The van der Waals surface area contributed by atoms with Crippen LogP contribution in [0, 0.1) is 12.7 Å². The Kier molecular flexibility index (Phi) is 7.04. The fraction of sp³-hybridized carbons (Fsp3) is 0.160. The van der Waals surface area contributed by atoms with Crippen molar-refractivity contribution in [2.45, 2.75) is 24.4 Å². The van der Waals surface area contributed by atoms with Crippen molar-refractivity contribution in [2.75, 3.05) is 7.11 Å². The van der Waals surface area contributed by atoms with Gasteiger partial charge in [0.05, 0.1) is 12.8 Å². The largest absolute Gasteiger partial charge is 0.495 e. The van der Waals surface area contributed by atoms with Crippen molar-refractivity contribution < 1.29 is 13.9 Å². The summed E-state index contributed by atoms with van der Waals surface area (Å²) >= 11 is 1.56. The van der Waals surface area contributed by atoms with Gasteiger partial charge in [0.15, 0.2) is 5.16 Å². The Bertz CT molecular complexity index is 1240. The molecule has 0 aliphatic carbocycles. The van der Waals surface area contributed by atoms with Gasteiger partial charge in [0.25, 0.3) is 5.91 Å². The number of amides is 1. The van der Waals surface area contributed by atoms with Crippen LogP contribution in [0.25, 0.3) is 5.69 Å². The maximum atomic E-state index is 13.0. The fourth-order valence-electron chi connectivity index (χ4n) is 3.32. The Morgan fingerprint density at radius 1 is 1.00 bits per heavy atom. The first-order valence-corrected chi connectivity index (χ1v) is 11.3. The molecule has 0 aliphatic heterocycles. The zero-order chi connectivity index (χ0) is 23.2.